The summed E-state index contributed by atoms with van der Waals surface area (Å²) in [6.45, 7) is 13.6. The molecular formula is C28H34FN7O3. The molecule has 39 heavy (non-hydrogen) atoms. The fourth-order valence-corrected chi connectivity index (χ4v) is 4.77. The van der Waals surface area contributed by atoms with Gasteiger partial charge in [0.05, 0.1) is 42.8 Å². The maximum absolute atomic E-state index is 13.9. The monoisotopic (exact) mass is 535 g/mol. The van der Waals surface area contributed by atoms with Crippen LogP contribution in [0.3, 0.4) is 0 Å². The summed E-state index contributed by atoms with van der Waals surface area (Å²) in [6, 6.07) is 4.75. The Morgan fingerprint density at radius 2 is 1.97 bits per heavy atom. The molecule has 0 aromatic carbocycles. The molecule has 0 unspecified atom stereocenters. The van der Waals surface area contributed by atoms with E-state index in [0.717, 1.165) is 43.6 Å². The summed E-state index contributed by atoms with van der Waals surface area (Å²) in [6.07, 6.45) is 4.79. The van der Waals surface area contributed by atoms with Crippen molar-refractivity contribution in [1.82, 2.24) is 29.4 Å². The Balaban J connectivity index is 1.11. The number of pyridine rings is 2. The molecule has 0 bridgehead atoms. The second-order valence-corrected chi connectivity index (χ2v) is 9.66. The zero-order valence-corrected chi connectivity index (χ0v) is 22.2. The van der Waals surface area contributed by atoms with Gasteiger partial charge in [-0.1, -0.05) is 13.2 Å². The zero-order valence-electron chi connectivity index (χ0n) is 22.2. The van der Waals surface area contributed by atoms with Gasteiger partial charge in [0, 0.05) is 64.6 Å². The number of imidazole rings is 1. The van der Waals surface area contributed by atoms with Gasteiger partial charge in [0.15, 0.2) is 22.8 Å². The number of nitrogens with one attached hydrogen (secondary N) is 1. The average Bonchev–Trinajstić information content (AvgIpc) is 3.45. The van der Waals surface area contributed by atoms with Crippen LogP contribution in [-0.4, -0.2) is 76.0 Å². The van der Waals surface area contributed by atoms with Crippen LogP contribution in [0.5, 0.6) is 0 Å². The summed E-state index contributed by atoms with van der Waals surface area (Å²) < 4.78 is 32.7. The molecule has 206 valence electrons. The molecule has 4 aromatic rings. The minimum atomic E-state index is -0.359. The van der Waals surface area contributed by atoms with Crippen LogP contribution in [0.4, 0.5) is 10.2 Å². The van der Waals surface area contributed by atoms with Gasteiger partial charge in [-0.15, -0.1) is 0 Å². The highest BCUT2D eigenvalue weighted by Gasteiger charge is 2.28. The highest BCUT2D eigenvalue weighted by Crippen LogP contribution is 2.26. The minimum absolute atomic E-state index is 0.211. The summed E-state index contributed by atoms with van der Waals surface area (Å²) in [4.78, 5) is 20.2. The number of oxazole rings is 1. The van der Waals surface area contributed by atoms with E-state index in [-0.39, 0.29) is 12.4 Å². The molecule has 5 rings (SSSR count). The zero-order chi connectivity index (χ0) is 27.2. The first-order chi connectivity index (χ1) is 19.0. The van der Waals surface area contributed by atoms with Crippen molar-refractivity contribution in [2.24, 2.45) is 5.92 Å². The topological polar surface area (TPSA) is 103 Å². The van der Waals surface area contributed by atoms with E-state index in [1.807, 2.05) is 0 Å². The molecule has 1 N–H and O–H groups in total. The number of halogens is 1. The van der Waals surface area contributed by atoms with Crippen LogP contribution in [0, 0.1) is 11.7 Å². The Kier molecular flexibility index (Phi) is 8.60. The quantitative estimate of drug-likeness (QED) is 0.242. The Morgan fingerprint density at radius 1 is 1.10 bits per heavy atom. The Hall–Kier alpha value is -3.67. The van der Waals surface area contributed by atoms with E-state index < -0.39 is 0 Å². The molecule has 11 heteroatoms. The number of methoxy groups -OCH3 is 1. The van der Waals surface area contributed by atoms with Crippen molar-refractivity contribution < 1.29 is 18.3 Å². The molecule has 0 aliphatic carbocycles. The van der Waals surface area contributed by atoms with Crippen LogP contribution in [0.1, 0.15) is 17.4 Å². The Morgan fingerprint density at radius 3 is 2.79 bits per heavy atom. The van der Waals surface area contributed by atoms with Crippen molar-refractivity contribution in [2.45, 2.75) is 25.9 Å². The van der Waals surface area contributed by atoms with Gasteiger partial charge in [-0.25, -0.2) is 19.3 Å². The lowest BCUT2D eigenvalue weighted by atomic mass is 9.96. The van der Waals surface area contributed by atoms with Crippen LogP contribution in [0.15, 0.2) is 35.0 Å². The largest absolute Gasteiger partial charge is 0.440 e. The maximum atomic E-state index is 13.9. The Bertz CT molecular complexity index is 1500. The molecule has 0 atom stereocenters. The lowest BCUT2D eigenvalue weighted by Crippen LogP contribution is -2.48. The van der Waals surface area contributed by atoms with Gasteiger partial charge in [-0.3, -0.25) is 4.98 Å². The molecule has 1 fully saturated rings. The average molecular weight is 536 g/mol. The first-order valence-corrected chi connectivity index (χ1v) is 13.1. The Labute approximate surface area is 226 Å². The number of nitrogens with zero attached hydrogens (tertiary/aromatic N) is 6. The molecule has 5 heterocycles. The summed E-state index contributed by atoms with van der Waals surface area (Å²) in [5.74, 6) is 2.33. The van der Waals surface area contributed by atoms with E-state index in [2.05, 4.69) is 47.9 Å². The van der Waals surface area contributed by atoms with Gasteiger partial charge in [-0.05, 0) is 18.1 Å². The predicted molar refractivity (Wildman–Crippen MR) is 146 cm³/mol. The molecule has 0 saturated carbocycles. The van der Waals surface area contributed by atoms with Crippen LogP contribution in [0.2, 0.25) is 0 Å². The van der Waals surface area contributed by atoms with Crippen molar-refractivity contribution >= 4 is 30.1 Å². The van der Waals surface area contributed by atoms with Gasteiger partial charge in [0.2, 0.25) is 0 Å². The standard InChI is InChI=1S/C28H34FN7O3/c1-19-20(2)36(11-12-38-14-13-37-3)25(33-19)7-10-35-17-21(18-35)15-26-34-27-24(39-26)6-9-31-28(27)32-16-23-22(29)5-4-8-30-23/h4-6,8-9,21H,1-2,7,10-18H2,3H3,(H,31,32). The lowest BCUT2D eigenvalue weighted by Gasteiger charge is -2.38. The van der Waals surface area contributed by atoms with E-state index in [1.54, 1.807) is 31.6 Å². The van der Waals surface area contributed by atoms with Crippen molar-refractivity contribution in [1.29, 1.82) is 0 Å². The number of hydrogen-bond donors (Lipinski definition) is 1. The molecule has 0 spiro atoms. The number of anilines is 1. The number of ether oxygens (including phenoxy) is 2. The normalized spacial score (nSPS) is 14.2. The first kappa shape index (κ1) is 26.9. The van der Waals surface area contributed by atoms with Crippen LogP contribution in [0.25, 0.3) is 24.3 Å². The number of fused-ring (bicyclic) bond motifs is 1. The predicted octanol–water partition coefficient (Wildman–Crippen LogP) is 1.77. The van der Waals surface area contributed by atoms with Gasteiger partial charge >= 0.3 is 0 Å². The minimum Gasteiger partial charge on any atom is -0.440 e. The molecule has 1 aliphatic heterocycles. The summed E-state index contributed by atoms with van der Waals surface area (Å²) >= 11 is 0. The third-order valence-corrected chi connectivity index (χ3v) is 6.88. The summed E-state index contributed by atoms with van der Waals surface area (Å²) in [5, 5.41) is 4.69. The molecule has 1 aliphatic rings. The van der Waals surface area contributed by atoms with Gasteiger partial charge < -0.3 is 28.7 Å². The number of likely N-dealkylation sites (tertiary alicyclic amines) is 1. The van der Waals surface area contributed by atoms with E-state index in [9.17, 15) is 4.39 Å². The van der Waals surface area contributed by atoms with Crippen molar-refractivity contribution in [3.8, 4) is 0 Å². The second kappa shape index (κ2) is 12.5. The molecule has 0 radical (unpaired) electrons. The highest BCUT2D eigenvalue weighted by atomic mass is 19.1. The number of rotatable bonds is 14. The van der Waals surface area contributed by atoms with Crippen LogP contribution in [-0.2, 0) is 35.4 Å². The van der Waals surface area contributed by atoms with Crippen molar-refractivity contribution in [2.75, 3.05) is 51.9 Å². The van der Waals surface area contributed by atoms with E-state index in [0.29, 0.717) is 66.1 Å². The summed E-state index contributed by atoms with van der Waals surface area (Å²) in [7, 11) is 1.66. The van der Waals surface area contributed by atoms with E-state index in [1.165, 1.54) is 6.07 Å². The van der Waals surface area contributed by atoms with Gasteiger partial charge in [0.25, 0.3) is 0 Å². The molecule has 4 aromatic heterocycles. The van der Waals surface area contributed by atoms with Crippen molar-refractivity contribution in [3.63, 3.8) is 0 Å². The molecule has 10 nitrogen and oxygen atoms in total. The molecule has 1 saturated heterocycles. The number of aromatic nitrogens is 5. The fourth-order valence-electron chi connectivity index (χ4n) is 4.77. The van der Waals surface area contributed by atoms with E-state index >= 15 is 0 Å². The maximum Gasteiger partial charge on any atom is 0.195 e. The van der Waals surface area contributed by atoms with Crippen LogP contribution >= 0.6 is 0 Å². The van der Waals surface area contributed by atoms with Crippen LogP contribution < -0.4 is 16.0 Å². The number of hydrogen-bond acceptors (Lipinski definition) is 9. The van der Waals surface area contributed by atoms with E-state index in [4.69, 9.17) is 13.9 Å². The van der Waals surface area contributed by atoms with Gasteiger partial charge in [0.1, 0.15) is 11.6 Å². The molecular weight excluding hydrogens is 501 g/mol. The second-order valence-electron chi connectivity index (χ2n) is 9.66. The highest BCUT2D eigenvalue weighted by molar-refractivity contribution is 5.83. The van der Waals surface area contributed by atoms with Crippen molar-refractivity contribution in [3.05, 3.63) is 64.5 Å². The van der Waals surface area contributed by atoms with Gasteiger partial charge in [-0.2, -0.15) is 0 Å². The SMILES string of the molecule is C=c1nc(CCN2CC(Cc3nc4c(NCc5ncccc5F)nccc4o3)C2)n(CCOCCOC)c1=C. The lowest BCUT2D eigenvalue weighted by molar-refractivity contribution is 0.0657. The fraction of sp³-hybridized carbons (Fsp3) is 0.429. The first-order valence-electron chi connectivity index (χ1n) is 13.1. The third kappa shape index (κ3) is 6.49. The summed E-state index contributed by atoms with van der Waals surface area (Å²) in [5.41, 5.74) is 1.63. The third-order valence-electron chi connectivity index (χ3n) is 6.88. The molecule has 0 amide bonds. The smallest absolute Gasteiger partial charge is 0.195 e.